The molecule has 0 unspecified atom stereocenters. The zero-order chi connectivity index (χ0) is 16.8. The van der Waals surface area contributed by atoms with Gasteiger partial charge >= 0.3 is 0 Å². The molecular weight excluding hydrogens is 296 g/mol. The molecule has 0 saturated carbocycles. The Balaban J connectivity index is 2.05. The van der Waals surface area contributed by atoms with Crippen molar-refractivity contribution in [2.24, 2.45) is 0 Å². The molecule has 118 valence electrons. The first-order valence-electron chi connectivity index (χ1n) is 6.88. The van der Waals surface area contributed by atoms with Crippen molar-refractivity contribution in [1.82, 2.24) is 0 Å². The van der Waals surface area contributed by atoms with E-state index < -0.39 is 4.92 Å². The minimum absolute atomic E-state index is 0.0102. The number of hydrogen-bond donors (Lipinski definition) is 1. The van der Waals surface area contributed by atoms with Gasteiger partial charge < -0.3 is 10.1 Å². The molecule has 2 aromatic rings. The van der Waals surface area contributed by atoms with Crippen LogP contribution in [0.15, 0.2) is 48.5 Å². The maximum atomic E-state index is 12.0. The van der Waals surface area contributed by atoms with E-state index in [1.54, 1.807) is 24.3 Å². The Labute approximate surface area is 133 Å². The van der Waals surface area contributed by atoms with Crippen molar-refractivity contribution in [2.45, 2.75) is 6.92 Å². The predicted molar refractivity (Wildman–Crippen MR) is 88.5 cm³/mol. The number of rotatable bonds is 5. The third-order valence-corrected chi connectivity index (χ3v) is 3.15. The highest BCUT2D eigenvalue weighted by Gasteiger charge is 2.06. The van der Waals surface area contributed by atoms with Gasteiger partial charge in [-0.05, 0) is 48.4 Å². The van der Waals surface area contributed by atoms with E-state index in [1.807, 2.05) is 19.1 Å². The van der Waals surface area contributed by atoms with Gasteiger partial charge in [0.25, 0.3) is 5.69 Å². The van der Waals surface area contributed by atoms with Crippen molar-refractivity contribution in [3.63, 3.8) is 0 Å². The van der Waals surface area contributed by atoms with Crippen LogP contribution in [0.4, 0.5) is 11.4 Å². The summed E-state index contributed by atoms with van der Waals surface area (Å²) in [5, 5.41) is 13.3. The molecule has 1 N–H and O–H groups in total. The Bertz CT molecular complexity index is 752. The van der Waals surface area contributed by atoms with Crippen LogP contribution in [-0.4, -0.2) is 17.9 Å². The van der Waals surface area contributed by atoms with Crippen molar-refractivity contribution >= 4 is 23.4 Å². The Morgan fingerprint density at radius 3 is 2.52 bits per heavy atom. The number of hydrogen-bond acceptors (Lipinski definition) is 4. The SMILES string of the molecule is COc1cc(C)ccc1NC(=O)C=Cc1ccc([N+](=O)[O-])cc1. The van der Waals surface area contributed by atoms with Crippen LogP contribution in [0.3, 0.4) is 0 Å². The Kier molecular flexibility index (Phi) is 5.09. The largest absolute Gasteiger partial charge is 0.495 e. The number of aryl methyl sites for hydroxylation is 1. The van der Waals surface area contributed by atoms with Crippen molar-refractivity contribution in [3.05, 3.63) is 69.8 Å². The molecule has 0 aromatic heterocycles. The summed E-state index contributed by atoms with van der Waals surface area (Å²) in [4.78, 5) is 22.1. The number of nitrogens with zero attached hydrogens (tertiary/aromatic N) is 1. The predicted octanol–water partition coefficient (Wildman–Crippen LogP) is 3.56. The summed E-state index contributed by atoms with van der Waals surface area (Å²) >= 11 is 0. The molecule has 2 aromatic carbocycles. The molecule has 0 spiro atoms. The lowest BCUT2D eigenvalue weighted by molar-refractivity contribution is -0.384. The van der Waals surface area contributed by atoms with Crippen molar-refractivity contribution in [1.29, 1.82) is 0 Å². The molecular formula is C17H16N2O4. The number of amides is 1. The molecule has 2 rings (SSSR count). The lowest BCUT2D eigenvalue weighted by Gasteiger charge is -2.09. The summed E-state index contributed by atoms with van der Waals surface area (Å²) in [6.45, 7) is 1.93. The van der Waals surface area contributed by atoms with Gasteiger partial charge in [0.05, 0.1) is 17.7 Å². The molecule has 1 amide bonds. The molecule has 0 atom stereocenters. The number of non-ortho nitro benzene ring substituents is 1. The topological polar surface area (TPSA) is 81.5 Å². The first-order valence-corrected chi connectivity index (χ1v) is 6.88. The molecule has 0 saturated heterocycles. The maximum absolute atomic E-state index is 12.0. The normalized spacial score (nSPS) is 10.5. The van der Waals surface area contributed by atoms with E-state index in [9.17, 15) is 14.9 Å². The van der Waals surface area contributed by atoms with Crippen molar-refractivity contribution in [3.8, 4) is 5.75 Å². The van der Waals surface area contributed by atoms with Gasteiger partial charge in [-0.1, -0.05) is 6.07 Å². The number of nitro benzene ring substituents is 1. The molecule has 23 heavy (non-hydrogen) atoms. The highest BCUT2D eigenvalue weighted by atomic mass is 16.6. The summed E-state index contributed by atoms with van der Waals surface area (Å²) in [6.07, 6.45) is 2.94. The van der Waals surface area contributed by atoms with Crippen LogP contribution in [0.1, 0.15) is 11.1 Å². The molecule has 6 nitrogen and oxygen atoms in total. The van der Waals surface area contributed by atoms with Crippen LogP contribution in [0.5, 0.6) is 5.75 Å². The average molecular weight is 312 g/mol. The van der Waals surface area contributed by atoms with E-state index in [0.29, 0.717) is 17.0 Å². The summed E-state index contributed by atoms with van der Waals surface area (Å²) < 4.78 is 5.22. The van der Waals surface area contributed by atoms with E-state index >= 15 is 0 Å². The van der Waals surface area contributed by atoms with E-state index in [0.717, 1.165) is 5.56 Å². The van der Waals surface area contributed by atoms with E-state index in [1.165, 1.54) is 25.3 Å². The van der Waals surface area contributed by atoms with E-state index in [-0.39, 0.29) is 11.6 Å². The molecule has 0 aliphatic carbocycles. The number of nitrogens with one attached hydrogen (secondary N) is 1. The van der Waals surface area contributed by atoms with Crippen LogP contribution in [0.2, 0.25) is 0 Å². The monoisotopic (exact) mass is 312 g/mol. The second-order valence-electron chi connectivity index (χ2n) is 4.87. The number of carbonyl (C=O) groups excluding carboxylic acids is 1. The van der Waals surface area contributed by atoms with Crippen LogP contribution in [-0.2, 0) is 4.79 Å². The molecule has 0 aliphatic heterocycles. The van der Waals surface area contributed by atoms with E-state index in [2.05, 4.69) is 5.32 Å². The van der Waals surface area contributed by atoms with Gasteiger partial charge in [-0.3, -0.25) is 14.9 Å². The van der Waals surface area contributed by atoms with Gasteiger partial charge in [-0.15, -0.1) is 0 Å². The molecule has 6 heteroatoms. The van der Waals surface area contributed by atoms with E-state index in [4.69, 9.17) is 4.74 Å². The number of anilines is 1. The number of nitro groups is 1. The van der Waals surface area contributed by atoms with Crippen molar-refractivity contribution < 1.29 is 14.5 Å². The van der Waals surface area contributed by atoms with Crippen molar-refractivity contribution in [2.75, 3.05) is 12.4 Å². The second-order valence-corrected chi connectivity index (χ2v) is 4.87. The van der Waals surface area contributed by atoms with Gasteiger partial charge in [0.2, 0.25) is 5.91 Å². The molecule has 0 aliphatic rings. The molecule has 0 fully saturated rings. The summed E-state index contributed by atoms with van der Waals surface area (Å²) in [5.41, 5.74) is 2.32. The highest BCUT2D eigenvalue weighted by Crippen LogP contribution is 2.25. The second kappa shape index (κ2) is 7.22. The van der Waals surface area contributed by atoms with Gasteiger partial charge in [-0.25, -0.2) is 0 Å². The fourth-order valence-electron chi connectivity index (χ4n) is 1.96. The maximum Gasteiger partial charge on any atom is 0.269 e. The quantitative estimate of drug-likeness (QED) is 0.520. The van der Waals surface area contributed by atoms with Crippen LogP contribution >= 0.6 is 0 Å². The minimum atomic E-state index is -0.468. The summed E-state index contributed by atoms with van der Waals surface area (Å²) in [6, 6.07) is 11.4. The zero-order valence-corrected chi connectivity index (χ0v) is 12.8. The first kappa shape index (κ1) is 16.2. The summed E-state index contributed by atoms with van der Waals surface area (Å²) in [7, 11) is 1.54. The Morgan fingerprint density at radius 1 is 1.22 bits per heavy atom. The lowest BCUT2D eigenvalue weighted by atomic mass is 10.2. The standard InChI is InChI=1S/C17H16N2O4/c1-12-3-9-15(16(11-12)23-2)18-17(20)10-6-13-4-7-14(8-5-13)19(21)22/h3-11H,1-2H3,(H,18,20). The van der Waals surface area contributed by atoms with Crippen LogP contribution < -0.4 is 10.1 Å². The Morgan fingerprint density at radius 2 is 1.91 bits per heavy atom. The molecule has 0 bridgehead atoms. The first-order chi connectivity index (χ1) is 11.0. The third-order valence-electron chi connectivity index (χ3n) is 3.15. The fourth-order valence-corrected chi connectivity index (χ4v) is 1.96. The van der Waals surface area contributed by atoms with Crippen LogP contribution in [0.25, 0.3) is 6.08 Å². The fraction of sp³-hybridized carbons (Fsp3) is 0.118. The Hall–Kier alpha value is -3.15. The number of methoxy groups -OCH3 is 1. The van der Waals surface area contributed by atoms with Gasteiger partial charge in [0.1, 0.15) is 5.75 Å². The molecule has 0 heterocycles. The third kappa shape index (κ3) is 4.41. The van der Waals surface area contributed by atoms with Gasteiger partial charge in [-0.2, -0.15) is 0 Å². The lowest BCUT2D eigenvalue weighted by Crippen LogP contribution is -2.08. The van der Waals surface area contributed by atoms with Crippen LogP contribution in [0, 0.1) is 17.0 Å². The smallest absolute Gasteiger partial charge is 0.269 e. The number of carbonyl (C=O) groups is 1. The number of ether oxygens (including phenoxy) is 1. The van der Waals surface area contributed by atoms with Gasteiger partial charge in [0, 0.05) is 18.2 Å². The molecule has 0 radical (unpaired) electrons. The number of benzene rings is 2. The van der Waals surface area contributed by atoms with Gasteiger partial charge in [0.15, 0.2) is 0 Å². The average Bonchev–Trinajstić information content (AvgIpc) is 2.55. The highest BCUT2D eigenvalue weighted by molar-refractivity contribution is 6.02. The zero-order valence-electron chi connectivity index (χ0n) is 12.8. The summed E-state index contributed by atoms with van der Waals surface area (Å²) in [5.74, 6) is 0.271. The minimum Gasteiger partial charge on any atom is -0.495 e.